The maximum absolute atomic E-state index is 12.0. The largest absolute Gasteiger partial charge is 0.351 e. The molecule has 2 rings (SSSR count). The molecule has 2 atom stereocenters. The lowest BCUT2D eigenvalue weighted by atomic mass is 9.84. The van der Waals surface area contributed by atoms with Gasteiger partial charge in [-0.05, 0) is 31.9 Å². The van der Waals surface area contributed by atoms with Gasteiger partial charge in [0, 0.05) is 15.8 Å². The Bertz CT molecular complexity index is 389. The second kappa shape index (κ2) is 5.65. The van der Waals surface area contributed by atoms with Crippen molar-refractivity contribution in [2.75, 3.05) is 0 Å². The van der Waals surface area contributed by atoms with Gasteiger partial charge in [0.15, 0.2) is 0 Å². The third-order valence-electron chi connectivity index (χ3n) is 3.39. The number of aryl methyl sites for hydroxylation is 1. The zero-order chi connectivity index (χ0) is 12.3. The van der Waals surface area contributed by atoms with Crippen molar-refractivity contribution >= 4 is 17.2 Å². The van der Waals surface area contributed by atoms with Crippen molar-refractivity contribution in [3.63, 3.8) is 0 Å². The van der Waals surface area contributed by atoms with Crippen molar-refractivity contribution in [1.29, 1.82) is 0 Å². The Balaban J connectivity index is 1.84. The van der Waals surface area contributed by atoms with Crippen LogP contribution in [0.3, 0.4) is 0 Å². The molecule has 1 saturated carbocycles. The van der Waals surface area contributed by atoms with Gasteiger partial charge in [-0.15, -0.1) is 11.3 Å². The van der Waals surface area contributed by atoms with Gasteiger partial charge in [-0.25, -0.2) is 0 Å². The van der Waals surface area contributed by atoms with Crippen LogP contribution in [-0.2, 0) is 11.3 Å². The van der Waals surface area contributed by atoms with Crippen molar-refractivity contribution in [3.05, 3.63) is 21.9 Å². The maximum Gasteiger partial charge on any atom is 0.224 e. The predicted octanol–water partition coefficient (Wildman–Crippen LogP) is 2.19. The Labute approximate surface area is 106 Å². The van der Waals surface area contributed by atoms with E-state index in [1.807, 2.05) is 0 Å². The number of carbonyl (C=O) groups excluding carboxylic acids is 1. The van der Waals surface area contributed by atoms with Gasteiger partial charge in [0.1, 0.15) is 0 Å². The molecule has 17 heavy (non-hydrogen) atoms. The van der Waals surface area contributed by atoms with Gasteiger partial charge in [-0.2, -0.15) is 0 Å². The third-order valence-corrected chi connectivity index (χ3v) is 4.39. The molecule has 0 radical (unpaired) electrons. The molecule has 1 fully saturated rings. The highest BCUT2D eigenvalue weighted by Crippen LogP contribution is 2.23. The first-order chi connectivity index (χ1) is 8.16. The molecular weight excluding hydrogens is 232 g/mol. The van der Waals surface area contributed by atoms with Crippen LogP contribution >= 0.6 is 11.3 Å². The Morgan fingerprint density at radius 1 is 1.47 bits per heavy atom. The smallest absolute Gasteiger partial charge is 0.224 e. The maximum atomic E-state index is 12.0. The summed E-state index contributed by atoms with van der Waals surface area (Å²) < 4.78 is 0. The molecule has 0 aromatic carbocycles. The van der Waals surface area contributed by atoms with Gasteiger partial charge < -0.3 is 11.1 Å². The Morgan fingerprint density at radius 2 is 2.24 bits per heavy atom. The average molecular weight is 252 g/mol. The highest BCUT2D eigenvalue weighted by Gasteiger charge is 2.27. The number of hydrogen-bond donors (Lipinski definition) is 2. The van der Waals surface area contributed by atoms with E-state index in [4.69, 9.17) is 5.73 Å². The molecule has 3 nitrogen and oxygen atoms in total. The molecule has 1 aromatic heterocycles. The van der Waals surface area contributed by atoms with Gasteiger partial charge >= 0.3 is 0 Å². The molecule has 0 bridgehead atoms. The van der Waals surface area contributed by atoms with Crippen LogP contribution in [0.25, 0.3) is 0 Å². The van der Waals surface area contributed by atoms with E-state index < -0.39 is 0 Å². The molecule has 0 saturated heterocycles. The molecule has 3 N–H and O–H groups in total. The van der Waals surface area contributed by atoms with Crippen LogP contribution in [0.4, 0.5) is 0 Å². The molecule has 94 valence electrons. The van der Waals surface area contributed by atoms with E-state index in [9.17, 15) is 4.79 Å². The predicted molar refractivity (Wildman–Crippen MR) is 70.8 cm³/mol. The zero-order valence-electron chi connectivity index (χ0n) is 10.2. The summed E-state index contributed by atoms with van der Waals surface area (Å²) in [4.78, 5) is 14.5. The highest BCUT2D eigenvalue weighted by atomic mass is 32.1. The minimum Gasteiger partial charge on any atom is -0.351 e. The fourth-order valence-corrected chi connectivity index (χ4v) is 3.20. The normalized spacial score (nSPS) is 24.6. The lowest BCUT2D eigenvalue weighted by molar-refractivity contribution is -0.126. The third kappa shape index (κ3) is 3.30. The number of carbonyl (C=O) groups is 1. The van der Waals surface area contributed by atoms with Crippen LogP contribution in [0.15, 0.2) is 12.1 Å². The van der Waals surface area contributed by atoms with Crippen molar-refractivity contribution in [1.82, 2.24) is 5.32 Å². The van der Waals surface area contributed by atoms with E-state index in [0.29, 0.717) is 6.54 Å². The van der Waals surface area contributed by atoms with Gasteiger partial charge in [0.2, 0.25) is 5.91 Å². The first kappa shape index (κ1) is 12.6. The van der Waals surface area contributed by atoms with Gasteiger partial charge in [0.05, 0.1) is 12.5 Å². The summed E-state index contributed by atoms with van der Waals surface area (Å²) in [7, 11) is 0. The van der Waals surface area contributed by atoms with Crippen LogP contribution in [0.5, 0.6) is 0 Å². The summed E-state index contributed by atoms with van der Waals surface area (Å²) in [6.45, 7) is 2.72. The van der Waals surface area contributed by atoms with Crippen molar-refractivity contribution < 1.29 is 4.79 Å². The van der Waals surface area contributed by atoms with Gasteiger partial charge in [0.25, 0.3) is 0 Å². The van der Waals surface area contributed by atoms with Crippen molar-refractivity contribution in [3.8, 4) is 0 Å². The van der Waals surface area contributed by atoms with E-state index in [1.165, 1.54) is 9.75 Å². The average Bonchev–Trinajstić information content (AvgIpc) is 2.73. The van der Waals surface area contributed by atoms with Crippen LogP contribution in [0.1, 0.15) is 35.4 Å². The molecule has 0 spiro atoms. The first-order valence-electron chi connectivity index (χ1n) is 6.25. The lowest BCUT2D eigenvalue weighted by Gasteiger charge is -2.27. The van der Waals surface area contributed by atoms with Crippen LogP contribution < -0.4 is 11.1 Å². The summed E-state index contributed by atoms with van der Waals surface area (Å²) in [6.07, 6.45) is 4.21. The SMILES string of the molecule is Cc1ccc(CNC(=O)C2CCCCC2N)s1. The number of nitrogens with two attached hydrogens (primary N) is 1. The summed E-state index contributed by atoms with van der Waals surface area (Å²) in [6, 6.07) is 4.20. The fourth-order valence-electron chi connectivity index (χ4n) is 2.37. The molecular formula is C13H20N2OS. The fraction of sp³-hybridized carbons (Fsp3) is 0.615. The monoisotopic (exact) mass is 252 g/mol. The van der Waals surface area contributed by atoms with Crippen LogP contribution in [0.2, 0.25) is 0 Å². The van der Waals surface area contributed by atoms with Crippen LogP contribution in [0, 0.1) is 12.8 Å². The summed E-state index contributed by atoms with van der Waals surface area (Å²) in [5, 5.41) is 3.00. The molecule has 1 amide bonds. The number of amides is 1. The number of thiophene rings is 1. The minimum absolute atomic E-state index is 0.0183. The standard InChI is InChI=1S/C13H20N2OS/c1-9-6-7-10(17-9)8-15-13(16)11-4-2-3-5-12(11)14/h6-7,11-12H,2-5,8,14H2,1H3,(H,15,16). The Morgan fingerprint density at radius 3 is 2.88 bits per heavy atom. The summed E-state index contributed by atoms with van der Waals surface area (Å²) in [5.74, 6) is 0.146. The van der Waals surface area contributed by atoms with E-state index >= 15 is 0 Å². The lowest BCUT2D eigenvalue weighted by Crippen LogP contribution is -2.43. The number of hydrogen-bond acceptors (Lipinski definition) is 3. The van der Waals surface area contributed by atoms with E-state index in [2.05, 4.69) is 24.4 Å². The number of rotatable bonds is 3. The minimum atomic E-state index is 0.0183. The molecule has 1 heterocycles. The summed E-state index contributed by atoms with van der Waals surface area (Å²) >= 11 is 1.73. The highest BCUT2D eigenvalue weighted by molar-refractivity contribution is 7.11. The van der Waals surface area contributed by atoms with E-state index in [0.717, 1.165) is 25.7 Å². The van der Waals surface area contributed by atoms with Gasteiger partial charge in [-0.1, -0.05) is 12.8 Å². The molecule has 4 heteroatoms. The molecule has 1 aliphatic carbocycles. The molecule has 1 aromatic rings. The first-order valence-corrected chi connectivity index (χ1v) is 7.07. The zero-order valence-corrected chi connectivity index (χ0v) is 11.1. The summed E-state index contributed by atoms with van der Waals surface area (Å²) in [5.41, 5.74) is 5.99. The molecule has 2 unspecified atom stereocenters. The van der Waals surface area contributed by atoms with E-state index in [1.54, 1.807) is 11.3 Å². The number of nitrogens with one attached hydrogen (secondary N) is 1. The molecule has 1 aliphatic rings. The molecule has 0 aliphatic heterocycles. The second-order valence-electron chi connectivity index (χ2n) is 4.78. The van der Waals surface area contributed by atoms with Crippen molar-refractivity contribution in [2.24, 2.45) is 11.7 Å². The quantitative estimate of drug-likeness (QED) is 0.866. The topological polar surface area (TPSA) is 55.1 Å². The Hall–Kier alpha value is -0.870. The van der Waals surface area contributed by atoms with Gasteiger partial charge in [-0.3, -0.25) is 4.79 Å². The second-order valence-corrected chi connectivity index (χ2v) is 6.16. The Kier molecular flexibility index (Phi) is 4.18. The van der Waals surface area contributed by atoms with Crippen LogP contribution in [-0.4, -0.2) is 11.9 Å². The van der Waals surface area contributed by atoms with Crippen molar-refractivity contribution in [2.45, 2.75) is 45.2 Å². The van der Waals surface area contributed by atoms with E-state index in [-0.39, 0.29) is 17.9 Å².